The van der Waals surface area contributed by atoms with E-state index in [4.69, 9.17) is 10.5 Å². The zero-order valence-corrected chi connectivity index (χ0v) is 12.6. The molecule has 0 atom stereocenters. The summed E-state index contributed by atoms with van der Waals surface area (Å²) in [6.45, 7) is 7.31. The Hall–Kier alpha value is -0.784. The molecule has 0 aliphatic carbocycles. The minimum absolute atomic E-state index is 0. The Labute approximate surface area is 128 Å². The second-order valence-corrected chi connectivity index (χ2v) is 3.78. The third-order valence-corrected chi connectivity index (χ3v) is 2.68. The number of nitrogens with two attached hydrogens (primary N) is 1. The van der Waals surface area contributed by atoms with Crippen LogP contribution < -0.4 is 5.73 Å². The van der Waals surface area contributed by atoms with E-state index in [1.165, 1.54) is 0 Å². The molecule has 0 heterocycles. The quantitative estimate of drug-likeness (QED) is 0.481. The number of benzene rings is 1. The zero-order valence-electron chi connectivity index (χ0n) is 13.2. The van der Waals surface area contributed by atoms with Crippen LogP contribution in [0.4, 0.5) is 5.69 Å². The van der Waals surface area contributed by atoms with Gasteiger partial charge in [0.1, 0.15) is 6.61 Å². The fourth-order valence-corrected chi connectivity index (χ4v) is 1.51. The molecule has 0 fully saturated rings. The number of nitrogen functional groups attached to an aromatic ring is 1. The van der Waals surface area contributed by atoms with Gasteiger partial charge in [-0.25, -0.2) is 4.79 Å². The standard InChI is InChI=1S/C13H20N2O2.Mg.2H/c1-3-15(4-2)9-10-17-13(16)11-5-7-12(14)8-6-11;;;/h5-8H,3-4,9-10,14H2,1-2H3;;;/q;+2;2*-1. The number of esters is 1. The molecule has 0 saturated carbocycles. The molecule has 98 valence electrons. The molecule has 1 rings (SSSR count). The summed E-state index contributed by atoms with van der Waals surface area (Å²) in [6.07, 6.45) is 0. The van der Waals surface area contributed by atoms with Gasteiger partial charge in [0.25, 0.3) is 0 Å². The van der Waals surface area contributed by atoms with Crippen molar-refractivity contribution in [2.75, 3.05) is 32.0 Å². The van der Waals surface area contributed by atoms with Gasteiger partial charge in [0.2, 0.25) is 0 Å². The number of hydrogen-bond donors (Lipinski definition) is 1. The molecule has 2 N–H and O–H groups in total. The molecule has 5 heteroatoms. The number of anilines is 1. The summed E-state index contributed by atoms with van der Waals surface area (Å²) >= 11 is 0. The van der Waals surface area contributed by atoms with Gasteiger partial charge in [0.05, 0.1) is 5.56 Å². The van der Waals surface area contributed by atoms with Crippen molar-refractivity contribution in [1.82, 2.24) is 4.90 Å². The summed E-state index contributed by atoms with van der Waals surface area (Å²) in [6, 6.07) is 6.74. The third kappa shape index (κ3) is 5.71. The van der Waals surface area contributed by atoms with E-state index in [0.717, 1.165) is 19.6 Å². The van der Waals surface area contributed by atoms with Crippen LogP contribution in [0.15, 0.2) is 24.3 Å². The molecule has 0 bridgehead atoms. The maximum Gasteiger partial charge on any atom is 2.00 e. The number of ether oxygens (including phenoxy) is 1. The van der Waals surface area contributed by atoms with E-state index in [9.17, 15) is 4.79 Å². The first-order chi connectivity index (χ1) is 8.17. The molecule has 0 aliphatic rings. The summed E-state index contributed by atoms with van der Waals surface area (Å²) < 4.78 is 5.18. The number of nitrogens with zero attached hydrogens (tertiary/aromatic N) is 1. The van der Waals surface area contributed by atoms with Gasteiger partial charge < -0.3 is 18.2 Å². The van der Waals surface area contributed by atoms with Crippen molar-refractivity contribution < 1.29 is 12.4 Å². The maximum absolute atomic E-state index is 11.6. The predicted octanol–water partition coefficient (Wildman–Crippen LogP) is 1.61. The summed E-state index contributed by atoms with van der Waals surface area (Å²) in [7, 11) is 0. The summed E-state index contributed by atoms with van der Waals surface area (Å²) in [5.41, 5.74) is 6.73. The van der Waals surface area contributed by atoms with Gasteiger partial charge in [-0.3, -0.25) is 0 Å². The van der Waals surface area contributed by atoms with E-state index < -0.39 is 0 Å². The van der Waals surface area contributed by atoms with Crippen LogP contribution >= 0.6 is 0 Å². The minimum Gasteiger partial charge on any atom is -1.00 e. The Morgan fingerprint density at radius 3 is 2.33 bits per heavy atom. The molecule has 0 aromatic heterocycles. The van der Waals surface area contributed by atoms with Crippen LogP contribution in [-0.2, 0) is 4.74 Å². The average molecular weight is 263 g/mol. The van der Waals surface area contributed by atoms with Crippen LogP contribution in [0.25, 0.3) is 0 Å². The van der Waals surface area contributed by atoms with Crippen LogP contribution in [0.2, 0.25) is 0 Å². The van der Waals surface area contributed by atoms with Crippen molar-refractivity contribution in [3.63, 3.8) is 0 Å². The van der Waals surface area contributed by atoms with Gasteiger partial charge in [-0.2, -0.15) is 0 Å². The first kappa shape index (κ1) is 17.2. The van der Waals surface area contributed by atoms with E-state index in [-0.39, 0.29) is 31.9 Å². The van der Waals surface area contributed by atoms with E-state index in [2.05, 4.69) is 18.7 Å². The van der Waals surface area contributed by atoms with Crippen LogP contribution in [0.3, 0.4) is 0 Å². The molecule has 0 radical (unpaired) electrons. The van der Waals surface area contributed by atoms with Crippen molar-refractivity contribution in [2.24, 2.45) is 0 Å². The Bertz CT molecular complexity index is 360. The van der Waals surface area contributed by atoms with Crippen LogP contribution in [-0.4, -0.2) is 60.2 Å². The van der Waals surface area contributed by atoms with Gasteiger partial charge >= 0.3 is 29.0 Å². The van der Waals surface area contributed by atoms with Gasteiger partial charge in [-0.1, -0.05) is 13.8 Å². The molecular formula is C13H22MgN2O2. The Balaban J connectivity index is -0.000000963. The van der Waals surface area contributed by atoms with E-state index in [0.29, 0.717) is 17.9 Å². The first-order valence-corrected chi connectivity index (χ1v) is 5.92. The Morgan fingerprint density at radius 2 is 1.83 bits per heavy atom. The fraction of sp³-hybridized carbons (Fsp3) is 0.462. The van der Waals surface area contributed by atoms with Gasteiger partial charge in [0.15, 0.2) is 0 Å². The second-order valence-electron chi connectivity index (χ2n) is 3.78. The average Bonchev–Trinajstić information content (AvgIpc) is 2.35. The van der Waals surface area contributed by atoms with E-state index in [1.807, 2.05) is 0 Å². The smallest absolute Gasteiger partial charge is 1.00 e. The van der Waals surface area contributed by atoms with Crippen molar-refractivity contribution in [1.29, 1.82) is 0 Å². The molecule has 1 aromatic rings. The van der Waals surface area contributed by atoms with Crippen molar-refractivity contribution in [3.05, 3.63) is 29.8 Å². The Kier molecular flexibility index (Phi) is 8.79. The Morgan fingerprint density at radius 1 is 1.28 bits per heavy atom. The van der Waals surface area contributed by atoms with Crippen LogP contribution in [0, 0.1) is 0 Å². The van der Waals surface area contributed by atoms with Gasteiger partial charge in [-0.15, -0.1) is 0 Å². The van der Waals surface area contributed by atoms with Gasteiger partial charge in [0, 0.05) is 12.2 Å². The van der Waals surface area contributed by atoms with E-state index in [1.54, 1.807) is 24.3 Å². The third-order valence-electron chi connectivity index (χ3n) is 2.68. The molecule has 0 saturated heterocycles. The molecule has 1 aromatic carbocycles. The van der Waals surface area contributed by atoms with Crippen molar-refractivity contribution in [3.8, 4) is 0 Å². The first-order valence-electron chi connectivity index (χ1n) is 5.92. The van der Waals surface area contributed by atoms with Crippen LogP contribution in [0.5, 0.6) is 0 Å². The largest absolute Gasteiger partial charge is 2.00 e. The SMILES string of the molecule is CCN(CC)CCOC(=O)c1ccc(N)cc1.[H-].[H-].[Mg+2]. The topological polar surface area (TPSA) is 55.6 Å². The normalized spacial score (nSPS) is 9.94. The monoisotopic (exact) mass is 262 g/mol. The fourth-order valence-electron chi connectivity index (χ4n) is 1.51. The summed E-state index contributed by atoms with van der Waals surface area (Å²) in [5, 5.41) is 0. The summed E-state index contributed by atoms with van der Waals surface area (Å²) in [5.74, 6) is -0.294. The molecular weight excluding hydrogens is 240 g/mol. The molecule has 0 spiro atoms. The number of rotatable bonds is 6. The molecule has 0 aliphatic heterocycles. The number of carbonyl (C=O) groups is 1. The number of hydrogen-bond acceptors (Lipinski definition) is 4. The summed E-state index contributed by atoms with van der Waals surface area (Å²) in [4.78, 5) is 13.8. The molecule has 0 amide bonds. The molecule has 4 nitrogen and oxygen atoms in total. The molecule has 0 unspecified atom stereocenters. The number of carbonyl (C=O) groups excluding carboxylic acids is 1. The van der Waals surface area contributed by atoms with Crippen molar-refractivity contribution >= 4 is 34.7 Å². The minimum atomic E-state index is -0.294. The zero-order chi connectivity index (χ0) is 12.7. The van der Waals surface area contributed by atoms with Crippen LogP contribution in [0.1, 0.15) is 27.1 Å². The van der Waals surface area contributed by atoms with E-state index >= 15 is 0 Å². The van der Waals surface area contributed by atoms with Crippen molar-refractivity contribution in [2.45, 2.75) is 13.8 Å². The predicted molar refractivity (Wildman–Crippen MR) is 76.9 cm³/mol. The molecule has 18 heavy (non-hydrogen) atoms. The number of likely N-dealkylation sites (N-methyl/N-ethyl adjacent to an activating group) is 1. The maximum atomic E-state index is 11.6. The second kappa shape index (κ2) is 9.19. The van der Waals surface area contributed by atoms with Gasteiger partial charge in [-0.05, 0) is 37.4 Å².